The van der Waals surface area contributed by atoms with Crippen molar-refractivity contribution in [3.63, 3.8) is 0 Å². The molecule has 0 unspecified atom stereocenters. The number of benzene rings is 2. The average Bonchev–Trinajstić information content (AvgIpc) is 2.71. The predicted octanol–water partition coefficient (Wildman–Crippen LogP) is 5.73. The van der Waals surface area contributed by atoms with Crippen molar-refractivity contribution in [2.45, 2.75) is 46.6 Å². The van der Waals surface area contributed by atoms with Crippen molar-refractivity contribution in [1.82, 2.24) is 0 Å². The lowest BCUT2D eigenvalue weighted by molar-refractivity contribution is -0.112. The molecule has 4 nitrogen and oxygen atoms in total. The zero-order valence-corrected chi connectivity index (χ0v) is 18.6. The molecule has 0 fully saturated rings. The number of anilines is 2. The van der Waals surface area contributed by atoms with Crippen molar-refractivity contribution in [1.29, 1.82) is 5.26 Å². The molecule has 0 atom stereocenters. The molecule has 0 bridgehead atoms. The monoisotopic (exact) mass is 399 g/mol. The summed E-state index contributed by atoms with van der Waals surface area (Å²) in [6, 6.07) is 14.0. The third kappa shape index (κ3) is 4.02. The van der Waals surface area contributed by atoms with Crippen molar-refractivity contribution in [2.75, 3.05) is 17.3 Å². The molecular formula is C26H29N3O. The van der Waals surface area contributed by atoms with Gasteiger partial charge in [0.05, 0.1) is 5.54 Å². The molecule has 0 radical (unpaired) electrons. The van der Waals surface area contributed by atoms with Gasteiger partial charge in [0.25, 0.3) is 5.91 Å². The minimum absolute atomic E-state index is 0.0642. The third-order valence-electron chi connectivity index (χ3n) is 5.92. The maximum atomic E-state index is 12.8. The normalized spacial score (nSPS) is 15.2. The molecule has 1 amide bonds. The van der Waals surface area contributed by atoms with Crippen LogP contribution in [0.5, 0.6) is 0 Å². The Morgan fingerprint density at radius 3 is 2.60 bits per heavy atom. The van der Waals surface area contributed by atoms with E-state index >= 15 is 0 Å². The number of rotatable bonds is 4. The second-order valence-electron chi connectivity index (χ2n) is 8.40. The molecule has 2 aromatic rings. The molecule has 30 heavy (non-hydrogen) atoms. The van der Waals surface area contributed by atoms with Crippen LogP contribution < -0.4 is 10.2 Å². The van der Waals surface area contributed by atoms with E-state index in [4.69, 9.17) is 0 Å². The Bertz CT molecular complexity index is 1100. The molecule has 0 spiro atoms. The van der Waals surface area contributed by atoms with Gasteiger partial charge in [0.1, 0.15) is 11.6 Å². The van der Waals surface area contributed by atoms with E-state index in [0.717, 1.165) is 40.0 Å². The van der Waals surface area contributed by atoms with Crippen LogP contribution in [0.1, 0.15) is 49.9 Å². The minimum atomic E-state index is -0.388. The van der Waals surface area contributed by atoms with Gasteiger partial charge in [-0.3, -0.25) is 4.79 Å². The van der Waals surface area contributed by atoms with Crippen molar-refractivity contribution in [3.8, 4) is 6.07 Å². The van der Waals surface area contributed by atoms with E-state index in [9.17, 15) is 10.1 Å². The van der Waals surface area contributed by atoms with Gasteiger partial charge in [-0.2, -0.15) is 5.26 Å². The number of carbonyl (C=O) groups is 1. The molecule has 4 heteroatoms. The summed E-state index contributed by atoms with van der Waals surface area (Å²) in [6.07, 6.45) is 4.74. The highest BCUT2D eigenvalue weighted by Gasteiger charge is 2.28. The second kappa shape index (κ2) is 8.20. The maximum absolute atomic E-state index is 12.8. The molecule has 0 aromatic heterocycles. The van der Waals surface area contributed by atoms with E-state index in [1.54, 1.807) is 6.08 Å². The largest absolute Gasteiger partial charge is 0.365 e. The fourth-order valence-electron chi connectivity index (χ4n) is 3.92. The van der Waals surface area contributed by atoms with Crippen LogP contribution in [-0.2, 0) is 11.2 Å². The number of nitrogens with one attached hydrogen (secondary N) is 1. The first kappa shape index (κ1) is 21.4. The molecule has 1 aliphatic heterocycles. The quantitative estimate of drug-likeness (QED) is 0.527. The number of para-hydroxylation sites is 1. The molecule has 1 heterocycles. The van der Waals surface area contributed by atoms with Crippen LogP contribution in [-0.4, -0.2) is 18.5 Å². The summed E-state index contributed by atoms with van der Waals surface area (Å²) in [7, 11) is 2.09. The van der Waals surface area contributed by atoms with Gasteiger partial charge in [-0.05, 0) is 80.7 Å². The number of nitriles is 1. The Kier molecular flexibility index (Phi) is 5.85. The van der Waals surface area contributed by atoms with Gasteiger partial charge < -0.3 is 10.2 Å². The lowest BCUT2D eigenvalue weighted by Gasteiger charge is -2.41. The van der Waals surface area contributed by atoms with E-state index in [0.29, 0.717) is 0 Å². The van der Waals surface area contributed by atoms with Crippen LogP contribution in [0.4, 0.5) is 11.4 Å². The smallest absolute Gasteiger partial charge is 0.266 e. The van der Waals surface area contributed by atoms with Crippen LogP contribution in [0.3, 0.4) is 0 Å². The van der Waals surface area contributed by atoms with Crippen molar-refractivity contribution in [2.24, 2.45) is 0 Å². The first-order valence-electron chi connectivity index (χ1n) is 10.3. The van der Waals surface area contributed by atoms with Crippen LogP contribution in [0.2, 0.25) is 0 Å². The summed E-state index contributed by atoms with van der Waals surface area (Å²) in [5.41, 5.74) is 7.21. The van der Waals surface area contributed by atoms with Gasteiger partial charge in [0.2, 0.25) is 0 Å². The lowest BCUT2D eigenvalue weighted by Crippen LogP contribution is -2.42. The predicted molar refractivity (Wildman–Crippen MR) is 125 cm³/mol. The second-order valence-corrected chi connectivity index (χ2v) is 8.40. The Hall–Kier alpha value is -3.32. The Balaban J connectivity index is 1.98. The molecule has 2 aromatic carbocycles. The zero-order chi connectivity index (χ0) is 22.1. The fraction of sp³-hybridized carbons (Fsp3) is 0.308. The highest BCUT2D eigenvalue weighted by Crippen LogP contribution is 2.39. The first-order chi connectivity index (χ1) is 14.2. The van der Waals surface area contributed by atoms with Gasteiger partial charge >= 0.3 is 0 Å². The number of fused-ring (bicyclic) bond motifs is 1. The van der Waals surface area contributed by atoms with Gasteiger partial charge in [0.15, 0.2) is 0 Å². The van der Waals surface area contributed by atoms with Gasteiger partial charge in [-0.25, -0.2) is 0 Å². The van der Waals surface area contributed by atoms with E-state index in [1.165, 1.54) is 5.57 Å². The summed E-state index contributed by atoms with van der Waals surface area (Å²) >= 11 is 0. The molecule has 0 saturated carbocycles. The van der Waals surface area contributed by atoms with Crippen LogP contribution in [0.25, 0.3) is 11.6 Å². The fourth-order valence-corrected chi connectivity index (χ4v) is 3.92. The zero-order valence-electron chi connectivity index (χ0n) is 18.6. The van der Waals surface area contributed by atoms with Gasteiger partial charge in [-0.15, -0.1) is 0 Å². The Labute approximate surface area is 179 Å². The van der Waals surface area contributed by atoms with Crippen molar-refractivity contribution < 1.29 is 4.79 Å². The number of amides is 1. The first-order valence-corrected chi connectivity index (χ1v) is 10.3. The molecule has 1 N–H and O–H groups in total. The summed E-state index contributed by atoms with van der Waals surface area (Å²) in [4.78, 5) is 15.1. The number of aryl methyl sites for hydroxylation is 2. The molecule has 0 saturated heterocycles. The number of nitrogens with zero attached hydrogens (tertiary/aromatic N) is 2. The highest BCUT2D eigenvalue weighted by molar-refractivity contribution is 6.10. The maximum Gasteiger partial charge on any atom is 0.266 e. The molecule has 1 aliphatic rings. The van der Waals surface area contributed by atoms with E-state index < -0.39 is 0 Å². The van der Waals surface area contributed by atoms with E-state index in [2.05, 4.69) is 62.3 Å². The van der Waals surface area contributed by atoms with Gasteiger partial charge in [0, 0.05) is 24.0 Å². The molecular weight excluding hydrogens is 370 g/mol. The summed E-state index contributed by atoms with van der Waals surface area (Å²) in [6.45, 7) is 10.5. The van der Waals surface area contributed by atoms with Crippen LogP contribution >= 0.6 is 0 Å². The summed E-state index contributed by atoms with van der Waals surface area (Å²) in [5, 5.41) is 12.5. The average molecular weight is 400 g/mol. The van der Waals surface area contributed by atoms with E-state index in [1.807, 2.05) is 38.1 Å². The third-order valence-corrected chi connectivity index (χ3v) is 5.92. The number of hydrogen-bond donors (Lipinski definition) is 1. The molecule has 0 aliphatic carbocycles. The Morgan fingerprint density at radius 2 is 1.93 bits per heavy atom. The summed E-state index contributed by atoms with van der Waals surface area (Å²) in [5.74, 6) is -0.388. The SMILES string of the molecule is CCc1ccccc1NC(=O)/C(C#N)=C/c1cc2c(cc1C)N(C)C(C)(C)C=C2C. The molecule has 3 rings (SSSR count). The topological polar surface area (TPSA) is 56.1 Å². The Morgan fingerprint density at radius 1 is 1.23 bits per heavy atom. The molecule has 154 valence electrons. The number of hydrogen-bond acceptors (Lipinski definition) is 3. The van der Waals surface area contributed by atoms with Crippen molar-refractivity contribution >= 4 is 28.9 Å². The van der Waals surface area contributed by atoms with Crippen LogP contribution in [0, 0.1) is 18.3 Å². The number of likely N-dealkylation sites (N-methyl/N-ethyl adjacent to an activating group) is 1. The van der Waals surface area contributed by atoms with Gasteiger partial charge in [-0.1, -0.05) is 31.2 Å². The lowest BCUT2D eigenvalue weighted by atomic mass is 9.87. The highest BCUT2D eigenvalue weighted by atomic mass is 16.1. The number of allylic oxidation sites excluding steroid dienone is 1. The van der Waals surface area contributed by atoms with Crippen molar-refractivity contribution in [3.05, 3.63) is 70.3 Å². The van der Waals surface area contributed by atoms with Crippen LogP contribution in [0.15, 0.2) is 48.0 Å². The number of carbonyl (C=O) groups excluding carboxylic acids is 1. The standard InChI is InChI=1S/C26H29N3O/c1-7-19-10-8-9-11-23(19)28-25(30)21(16-27)13-20-14-22-18(3)15-26(4,5)29(6)24(22)12-17(20)2/h8-15H,7H2,1-6H3,(H,28,30)/b21-13+. The minimum Gasteiger partial charge on any atom is -0.365 e. The van der Waals surface area contributed by atoms with E-state index in [-0.39, 0.29) is 17.0 Å². The summed E-state index contributed by atoms with van der Waals surface area (Å²) < 4.78 is 0.